The molecule has 350 valence electrons. The van der Waals surface area contributed by atoms with Crippen LogP contribution in [-0.4, -0.2) is 38.8 Å². The lowest BCUT2D eigenvalue weighted by Crippen LogP contribution is -2.34. The molecule has 0 fully saturated rings. The average molecular weight is 959 g/mol. The summed E-state index contributed by atoms with van der Waals surface area (Å²) in [7, 11) is -6.22. The van der Waals surface area contributed by atoms with Gasteiger partial charge in [0.05, 0.1) is 31.8 Å². The third-order valence-corrected chi connectivity index (χ3v) is 16.9. The van der Waals surface area contributed by atoms with Crippen LogP contribution < -0.4 is 18.3 Å². The zero-order chi connectivity index (χ0) is 47.9. The second-order valence-corrected chi connectivity index (χ2v) is 21.3. The molecule has 0 saturated heterocycles. The molecule has 8 aromatic rings. The normalized spacial score (nSPS) is 13.0. The van der Waals surface area contributed by atoms with Crippen LogP contribution in [0.25, 0.3) is 44.8 Å². The van der Waals surface area contributed by atoms with Gasteiger partial charge in [0, 0.05) is 72.8 Å². The topological polar surface area (TPSA) is 86.6 Å². The van der Waals surface area contributed by atoms with E-state index in [4.69, 9.17) is 18.1 Å². The van der Waals surface area contributed by atoms with Gasteiger partial charge in [0.2, 0.25) is 11.4 Å². The summed E-state index contributed by atoms with van der Waals surface area (Å²) in [6.07, 6.45) is 17.1. The van der Waals surface area contributed by atoms with Crippen LogP contribution in [0.2, 0.25) is 0 Å². The first-order valence-corrected chi connectivity index (χ1v) is 27.3. The molecule has 1 aliphatic carbocycles. The highest BCUT2D eigenvalue weighted by Crippen LogP contribution is 2.56. The summed E-state index contributed by atoms with van der Waals surface area (Å²) < 4.78 is 56.2. The van der Waals surface area contributed by atoms with Gasteiger partial charge in [0.1, 0.15) is 12.3 Å². The Balaban J connectivity index is 0.949. The lowest BCUT2D eigenvalue weighted by atomic mass is 9.67. The quantitative estimate of drug-likeness (QED) is 0.0559. The number of hydrogen-bond acceptors (Lipinski definition) is 6. The van der Waals surface area contributed by atoms with Gasteiger partial charge in [0.25, 0.3) is 0 Å². The second-order valence-electron chi connectivity index (χ2n) is 16.9. The van der Waals surface area contributed by atoms with E-state index >= 15 is 0 Å². The number of benzene rings is 4. The first-order valence-electron chi connectivity index (χ1n) is 23.9. The second kappa shape index (κ2) is 21.2. The predicted molar refractivity (Wildman–Crippen MR) is 270 cm³/mol. The summed E-state index contributed by atoms with van der Waals surface area (Å²) in [5.74, 6) is 0. The Bertz CT molecular complexity index is 2860. The summed E-state index contributed by atoms with van der Waals surface area (Å²) >= 11 is 0. The Labute approximate surface area is 406 Å². The highest BCUT2D eigenvalue weighted by atomic mass is 31.2. The molecule has 0 amide bonds. The third kappa shape index (κ3) is 10.1. The summed E-state index contributed by atoms with van der Waals surface area (Å²) in [5, 5.41) is 0. The lowest BCUT2D eigenvalue weighted by molar-refractivity contribution is -0.692. The first kappa shape index (κ1) is 47.8. The molecular formula is C57H60N4O6P2+4. The zero-order valence-corrected chi connectivity index (χ0v) is 41.6. The van der Waals surface area contributed by atoms with E-state index in [9.17, 15) is 9.13 Å². The fraction of sp³-hybridized carbons (Fsp3) is 0.228. The number of nitrogens with zero attached hydrogens (tertiary/aromatic N) is 4. The minimum absolute atomic E-state index is 0.323. The first-order chi connectivity index (χ1) is 33.7. The zero-order valence-electron chi connectivity index (χ0n) is 39.8. The van der Waals surface area contributed by atoms with Crippen molar-refractivity contribution in [3.05, 3.63) is 217 Å². The Hall–Kier alpha value is -6.22. The molecule has 0 aliphatic heterocycles. The number of hydrogen-bond donors (Lipinski definition) is 0. The Morgan fingerprint density at radius 3 is 1.01 bits per heavy atom. The summed E-state index contributed by atoms with van der Waals surface area (Å²) in [4.78, 5) is 0. The maximum absolute atomic E-state index is 13.0. The van der Waals surface area contributed by atoms with Crippen LogP contribution in [0.15, 0.2) is 195 Å². The maximum atomic E-state index is 13.0. The number of rotatable bonds is 20. The molecule has 4 aromatic carbocycles. The molecule has 4 aromatic heterocycles. The van der Waals surface area contributed by atoms with Crippen LogP contribution in [0.1, 0.15) is 49.9 Å². The molecule has 0 spiro atoms. The molecule has 0 atom stereocenters. The third-order valence-electron chi connectivity index (χ3n) is 12.8. The number of pyridine rings is 4. The fourth-order valence-electron chi connectivity index (χ4n) is 9.57. The van der Waals surface area contributed by atoms with Crippen molar-refractivity contribution in [3.63, 3.8) is 0 Å². The molecular weight excluding hydrogens is 899 g/mol. The van der Waals surface area contributed by atoms with Crippen molar-refractivity contribution in [1.29, 1.82) is 0 Å². The molecule has 0 bridgehead atoms. The van der Waals surface area contributed by atoms with Crippen molar-refractivity contribution in [2.45, 2.75) is 46.2 Å². The van der Waals surface area contributed by atoms with E-state index in [0.717, 1.165) is 33.6 Å². The van der Waals surface area contributed by atoms with Gasteiger partial charge >= 0.3 is 15.2 Å². The lowest BCUT2D eigenvalue weighted by Gasteiger charge is -2.33. The van der Waals surface area contributed by atoms with E-state index in [1.165, 1.54) is 33.4 Å². The van der Waals surface area contributed by atoms with Crippen molar-refractivity contribution in [2.75, 3.05) is 38.8 Å². The van der Waals surface area contributed by atoms with Crippen molar-refractivity contribution >= 4 is 15.2 Å². The standard InChI is InChI=1S/C57H60N4O6P2/c1-5-64-68(62,65-6-2)43-41-58-33-25-45(26-34-58)47-29-37-60(38-30-47)51-21-17-49(18-22-51)57(55-15-11-9-13-53(55)54-14-10-12-16-56(54)57)50-19-23-52(24-20-50)61-39-31-48(32-40-61)46-27-35-59(36-28-46)42-44-69(63,66-7-3)67-8-4/h9-40H,5-8,41-44H2,1-4H3/q+4. The van der Waals surface area contributed by atoms with Crippen molar-refractivity contribution in [2.24, 2.45) is 0 Å². The highest BCUT2D eigenvalue weighted by molar-refractivity contribution is 7.54. The van der Waals surface area contributed by atoms with Gasteiger partial charge in [-0.25, -0.2) is 9.13 Å². The number of fused-ring (bicyclic) bond motifs is 3. The number of aryl methyl sites for hydroxylation is 2. The van der Waals surface area contributed by atoms with Crippen LogP contribution in [0, 0.1) is 0 Å². The summed E-state index contributed by atoms with van der Waals surface area (Å²) in [5.41, 5.74) is 13.4. The molecule has 69 heavy (non-hydrogen) atoms. The van der Waals surface area contributed by atoms with Crippen LogP contribution in [0.3, 0.4) is 0 Å². The monoisotopic (exact) mass is 958 g/mol. The van der Waals surface area contributed by atoms with E-state index in [1.807, 2.05) is 61.6 Å². The molecule has 0 saturated carbocycles. The van der Waals surface area contributed by atoms with E-state index < -0.39 is 20.6 Å². The Kier molecular flexibility index (Phi) is 14.7. The average Bonchev–Trinajstić information content (AvgIpc) is 3.69. The molecule has 9 rings (SSSR count). The largest absolute Gasteiger partial charge is 0.337 e. The van der Waals surface area contributed by atoms with Crippen LogP contribution in [0.4, 0.5) is 0 Å². The van der Waals surface area contributed by atoms with Gasteiger partial charge in [-0.3, -0.25) is 9.13 Å². The minimum atomic E-state index is -3.11. The van der Waals surface area contributed by atoms with Crippen molar-refractivity contribution < 1.29 is 45.5 Å². The van der Waals surface area contributed by atoms with Gasteiger partial charge in [-0.05, 0) is 83.3 Å². The van der Waals surface area contributed by atoms with Crippen molar-refractivity contribution in [3.8, 4) is 44.8 Å². The van der Waals surface area contributed by atoms with Crippen LogP contribution >= 0.6 is 15.2 Å². The summed E-state index contributed by atoms with van der Waals surface area (Å²) in [6, 6.07) is 52.5. The van der Waals surface area contributed by atoms with E-state index in [1.54, 1.807) is 0 Å². The Morgan fingerprint density at radius 2 is 0.696 bits per heavy atom. The molecule has 10 nitrogen and oxygen atoms in total. The molecule has 0 unspecified atom stereocenters. The fourth-order valence-corrected chi connectivity index (χ4v) is 12.8. The SMILES string of the molecule is CCOP(=O)(CC[n+]1ccc(-c2cc[n+](-c3ccc(C4(c5ccc(-[n+]6ccc(-c7cc[n+](CCP(=O)(OCC)OCC)cc7)cc6)cc5)c5ccccc5-c5ccccc54)cc3)cc2)cc1)OCC. The van der Waals surface area contributed by atoms with Gasteiger partial charge in [-0.2, -0.15) is 9.13 Å². The molecule has 12 heteroatoms. The van der Waals surface area contributed by atoms with Gasteiger partial charge in [-0.15, -0.1) is 0 Å². The maximum Gasteiger partial charge on any atom is 0.337 e. The molecule has 0 radical (unpaired) electrons. The smallest absolute Gasteiger partial charge is 0.309 e. The van der Waals surface area contributed by atoms with E-state index in [2.05, 4.69) is 180 Å². The van der Waals surface area contributed by atoms with Gasteiger partial charge < -0.3 is 18.1 Å². The Morgan fingerprint density at radius 1 is 0.391 bits per heavy atom. The van der Waals surface area contributed by atoms with Gasteiger partial charge in [-0.1, -0.05) is 72.8 Å². The van der Waals surface area contributed by atoms with Gasteiger partial charge in [0.15, 0.2) is 62.7 Å². The van der Waals surface area contributed by atoms with E-state index in [-0.39, 0.29) is 0 Å². The van der Waals surface area contributed by atoms with Crippen LogP contribution in [-0.2, 0) is 45.7 Å². The predicted octanol–water partition coefficient (Wildman–Crippen LogP) is 11.0. The molecule has 0 N–H and O–H groups in total. The van der Waals surface area contributed by atoms with Crippen LogP contribution in [0.5, 0.6) is 0 Å². The number of aromatic nitrogens is 4. The summed E-state index contributed by atoms with van der Waals surface area (Å²) in [6.45, 7) is 9.84. The highest BCUT2D eigenvalue weighted by Gasteiger charge is 2.46. The van der Waals surface area contributed by atoms with Crippen molar-refractivity contribution in [1.82, 2.24) is 0 Å². The molecule has 1 aliphatic rings. The molecule has 4 heterocycles. The minimum Gasteiger partial charge on any atom is -0.309 e. The van der Waals surface area contributed by atoms with E-state index in [0.29, 0.717) is 51.8 Å².